The Morgan fingerprint density at radius 1 is 0.524 bits per heavy atom. The monoisotopic (exact) mass is 280 g/mol. The van der Waals surface area contributed by atoms with Crippen LogP contribution in [0.25, 0.3) is 0 Å². The average Bonchev–Trinajstić information content (AvgIpc) is 2.55. The van der Waals surface area contributed by atoms with Gasteiger partial charge in [-0.1, -0.05) is 64.1 Å². The maximum atomic E-state index is 2.45. The molecule has 0 aliphatic rings. The van der Waals surface area contributed by atoms with E-state index in [2.05, 4.69) is 64.1 Å². The molecule has 0 spiro atoms. The highest BCUT2D eigenvalue weighted by Gasteiger charge is 2.08. The number of benzene rings is 2. The first-order valence-corrected chi connectivity index (χ1v) is 8.43. The zero-order valence-electron chi connectivity index (χ0n) is 14.0. The van der Waals surface area contributed by atoms with Gasteiger partial charge in [-0.3, -0.25) is 0 Å². The molecule has 0 nitrogen and oxygen atoms in total. The van der Waals surface area contributed by atoms with E-state index in [0.29, 0.717) is 0 Å². The Labute approximate surface area is 130 Å². The predicted molar refractivity (Wildman–Crippen MR) is 93.2 cm³/mol. The molecule has 0 amide bonds. The molecule has 0 N–H and O–H groups in total. The van der Waals surface area contributed by atoms with E-state index in [-0.39, 0.29) is 0 Å². The van der Waals surface area contributed by atoms with Crippen molar-refractivity contribution in [2.24, 2.45) is 0 Å². The van der Waals surface area contributed by atoms with Crippen LogP contribution in [-0.2, 0) is 32.1 Å². The van der Waals surface area contributed by atoms with Gasteiger partial charge in [-0.25, -0.2) is 0 Å². The fourth-order valence-electron chi connectivity index (χ4n) is 3.06. The van der Waals surface area contributed by atoms with Gasteiger partial charge in [-0.05, 0) is 65.5 Å². The van der Waals surface area contributed by atoms with Gasteiger partial charge in [-0.2, -0.15) is 0 Å². The zero-order chi connectivity index (χ0) is 15.2. The van der Waals surface area contributed by atoms with Crippen molar-refractivity contribution in [2.45, 2.75) is 59.8 Å². The van der Waals surface area contributed by atoms with Crippen molar-refractivity contribution >= 4 is 0 Å². The van der Waals surface area contributed by atoms with Gasteiger partial charge in [0.25, 0.3) is 0 Å². The standard InChI is InChI=1S/C21H28/c1-5-16-9-11-17(12-10-16)13-21-15-19(7-3)18(6-2)14-20(21)8-4/h9-12,14-15H,5-8,13H2,1-4H3. The van der Waals surface area contributed by atoms with Crippen molar-refractivity contribution < 1.29 is 0 Å². The second-order valence-corrected chi connectivity index (χ2v) is 5.80. The lowest BCUT2D eigenvalue weighted by atomic mass is 9.91. The molecule has 0 aromatic heterocycles. The molecular weight excluding hydrogens is 252 g/mol. The summed E-state index contributed by atoms with van der Waals surface area (Å²) in [6.45, 7) is 9.00. The van der Waals surface area contributed by atoms with Crippen molar-refractivity contribution in [2.75, 3.05) is 0 Å². The van der Waals surface area contributed by atoms with Crippen molar-refractivity contribution in [3.8, 4) is 0 Å². The van der Waals surface area contributed by atoms with Crippen LogP contribution >= 0.6 is 0 Å². The Bertz CT molecular complexity index is 576. The highest BCUT2D eigenvalue weighted by atomic mass is 14.1. The van der Waals surface area contributed by atoms with Gasteiger partial charge in [0, 0.05) is 0 Å². The van der Waals surface area contributed by atoms with E-state index in [1.807, 2.05) is 0 Å². The van der Waals surface area contributed by atoms with Gasteiger partial charge >= 0.3 is 0 Å². The molecule has 0 aliphatic heterocycles. The third-order valence-electron chi connectivity index (χ3n) is 4.49. The minimum atomic E-state index is 1.06. The molecule has 2 aromatic rings. The van der Waals surface area contributed by atoms with Crippen molar-refractivity contribution in [3.63, 3.8) is 0 Å². The molecule has 0 saturated heterocycles. The first kappa shape index (κ1) is 15.8. The normalized spacial score (nSPS) is 10.9. The van der Waals surface area contributed by atoms with E-state index < -0.39 is 0 Å². The highest BCUT2D eigenvalue weighted by Crippen LogP contribution is 2.22. The van der Waals surface area contributed by atoms with Crippen LogP contribution in [0.4, 0.5) is 0 Å². The van der Waals surface area contributed by atoms with Gasteiger partial charge in [0.15, 0.2) is 0 Å². The van der Waals surface area contributed by atoms with E-state index in [4.69, 9.17) is 0 Å². The minimum Gasteiger partial charge on any atom is -0.0613 e. The maximum Gasteiger partial charge on any atom is -0.00229 e. The highest BCUT2D eigenvalue weighted by molar-refractivity contribution is 5.41. The summed E-state index contributed by atoms with van der Waals surface area (Å²) in [5, 5.41) is 0. The molecule has 0 saturated carbocycles. The van der Waals surface area contributed by atoms with Gasteiger partial charge in [0.1, 0.15) is 0 Å². The summed E-state index contributed by atoms with van der Waals surface area (Å²) in [7, 11) is 0. The summed E-state index contributed by atoms with van der Waals surface area (Å²) in [6, 6.07) is 14.0. The summed E-state index contributed by atoms with van der Waals surface area (Å²) in [5.74, 6) is 0. The molecule has 21 heavy (non-hydrogen) atoms. The first-order chi connectivity index (χ1) is 10.2. The van der Waals surface area contributed by atoms with Crippen molar-refractivity contribution in [1.82, 2.24) is 0 Å². The second kappa shape index (κ2) is 7.45. The van der Waals surface area contributed by atoms with E-state index in [9.17, 15) is 0 Å². The Morgan fingerprint density at radius 2 is 0.952 bits per heavy atom. The maximum absolute atomic E-state index is 2.45. The summed E-state index contributed by atoms with van der Waals surface area (Å²) in [4.78, 5) is 0. The van der Waals surface area contributed by atoms with Gasteiger partial charge in [0.05, 0.1) is 0 Å². The van der Waals surface area contributed by atoms with Crippen molar-refractivity contribution in [1.29, 1.82) is 0 Å². The van der Waals surface area contributed by atoms with Crippen LogP contribution in [0.3, 0.4) is 0 Å². The lowest BCUT2D eigenvalue weighted by Crippen LogP contribution is -2.01. The fraction of sp³-hybridized carbons (Fsp3) is 0.429. The minimum absolute atomic E-state index is 1.06. The topological polar surface area (TPSA) is 0 Å². The fourth-order valence-corrected chi connectivity index (χ4v) is 3.06. The third-order valence-corrected chi connectivity index (χ3v) is 4.49. The second-order valence-electron chi connectivity index (χ2n) is 5.80. The summed E-state index contributed by atoms with van der Waals surface area (Å²) < 4.78 is 0. The van der Waals surface area contributed by atoms with E-state index in [1.165, 1.54) is 33.4 Å². The van der Waals surface area contributed by atoms with Crippen LogP contribution in [0.2, 0.25) is 0 Å². The number of aryl methyl sites for hydroxylation is 4. The Morgan fingerprint density at radius 3 is 1.43 bits per heavy atom. The molecular formula is C21H28. The summed E-state index contributed by atoms with van der Waals surface area (Å²) in [5.41, 5.74) is 8.92. The number of rotatable bonds is 6. The largest absolute Gasteiger partial charge is 0.0613 e. The lowest BCUT2D eigenvalue weighted by molar-refractivity contribution is 0.983. The van der Waals surface area contributed by atoms with Gasteiger partial charge in [0.2, 0.25) is 0 Å². The molecule has 0 bridgehead atoms. The van der Waals surface area contributed by atoms with Crippen LogP contribution in [0.5, 0.6) is 0 Å². The third kappa shape index (κ3) is 3.75. The van der Waals surface area contributed by atoms with Crippen LogP contribution in [0, 0.1) is 0 Å². The Hall–Kier alpha value is -1.56. The SMILES string of the molecule is CCc1ccc(Cc2cc(CC)c(CC)cc2CC)cc1. The number of hydrogen-bond acceptors (Lipinski definition) is 0. The van der Waals surface area contributed by atoms with E-state index >= 15 is 0 Å². The van der Waals surface area contributed by atoms with Gasteiger partial charge < -0.3 is 0 Å². The van der Waals surface area contributed by atoms with Crippen LogP contribution in [0.1, 0.15) is 61.1 Å². The summed E-state index contributed by atoms with van der Waals surface area (Å²) >= 11 is 0. The Balaban J connectivity index is 2.32. The average molecular weight is 280 g/mol. The van der Waals surface area contributed by atoms with Crippen molar-refractivity contribution in [3.05, 3.63) is 69.8 Å². The molecule has 0 heterocycles. The molecule has 2 rings (SSSR count). The van der Waals surface area contributed by atoms with E-state index in [0.717, 1.165) is 32.1 Å². The quantitative estimate of drug-likeness (QED) is 0.653. The number of hydrogen-bond donors (Lipinski definition) is 0. The summed E-state index contributed by atoms with van der Waals surface area (Å²) in [6.07, 6.45) is 5.58. The molecule has 0 unspecified atom stereocenters. The Kier molecular flexibility index (Phi) is 5.61. The molecule has 112 valence electrons. The molecule has 0 radical (unpaired) electrons. The molecule has 2 aromatic carbocycles. The van der Waals surface area contributed by atoms with Crippen LogP contribution in [0.15, 0.2) is 36.4 Å². The first-order valence-electron chi connectivity index (χ1n) is 8.43. The molecule has 0 fully saturated rings. The van der Waals surface area contributed by atoms with Crippen LogP contribution < -0.4 is 0 Å². The van der Waals surface area contributed by atoms with Crippen LogP contribution in [-0.4, -0.2) is 0 Å². The predicted octanol–water partition coefficient (Wildman–Crippen LogP) is 5.53. The molecule has 0 atom stereocenters. The van der Waals surface area contributed by atoms with Gasteiger partial charge in [-0.15, -0.1) is 0 Å². The molecule has 0 heteroatoms. The zero-order valence-corrected chi connectivity index (χ0v) is 14.0. The van der Waals surface area contributed by atoms with E-state index in [1.54, 1.807) is 0 Å². The smallest absolute Gasteiger partial charge is 0.00229 e. The lowest BCUT2D eigenvalue weighted by Gasteiger charge is -2.15. The molecule has 0 aliphatic carbocycles.